The second-order valence-electron chi connectivity index (χ2n) is 4.49. The number of nitrogens with zero attached hydrogens (tertiary/aromatic N) is 5. The van der Waals surface area contributed by atoms with Crippen molar-refractivity contribution in [3.05, 3.63) is 39.0 Å². The number of benzene rings is 1. The Morgan fingerprint density at radius 3 is 2.54 bits per heavy atom. The van der Waals surface area contributed by atoms with Gasteiger partial charge < -0.3 is 0 Å². The van der Waals surface area contributed by atoms with Gasteiger partial charge in [0.25, 0.3) is 5.69 Å². The molecule has 0 radical (unpaired) electrons. The van der Waals surface area contributed by atoms with Gasteiger partial charge in [-0.15, -0.1) is 10.2 Å². The fourth-order valence-corrected chi connectivity index (χ4v) is 3.63. The molecule has 1 aromatic carbocycles. The summed E-state index contributed by atoms with van der Waals surface area (Å²) in [6.07, 6.45) is -4.76. The van der Waals surface area contributed by atoms with Crippen molar-refractivity contribution in [2.45, 2.75) is 22.5 Å². The van der Waals surface area contributed by atoms with Crippen LogP contribution in [0.25, 0.3) is 11.0 Å². The maximum Gasteiger partial charge on any atom is 0.436 e. The second-order valence-corrected chi connectivity index (χ2v) is 6.91. The van der Waals surface area contributed by atoms with Gasteiger partial charge in [-0.25, -0.2) is 9.97 Å². The van der Waals surface area contributed by atoms with E-state index in [-0.39, 0.29) is 21.7 Å². The van der Waals surface area contributed by atoms with Crippen molar-refractivity contribution in [1.29, 1.82) is 0 Å². The minimum absolute atomic E-state index is 0.123. The summed E-state index contributed by atoms with van der Waals surface area (Å²) in [7, 11) is 0. The number of hydrogen-bond acceptors (Lipinski definition) is 8. The molecule has 124 valence electrons. The van der Waals surface area contributed by atoms with Gasteiger partial charge in [0.2, 0.25) is 0 Å². The Hall–Kier alpha value is -2.34. The van der Waals surface area contributed by atoms with Gasteiger partial charge in [0.05, 0.1) is 16.0 Å². The summed E-state index contributed by atoms with van der Waals surface area (Å²) in [6, 6.07) is 3.38. The third-order valence-corrected chi connectivity index (χ3v) is 4.65. The lowest BCUT2D eigenvalue weighted by molar-refractivity contribution is -0.384. The number of hydrogen-bond donors (Lipinski definition) is 0. The summed E-state index contributed by atoms with van der Waals surface area (Å²) < 4.78 is 40.1. The molecule has 0 bridgehead atoms. The van der Waals surface area contributed by atoms with E-state index in [0.717, 1.165) is 23.5 Å². The van der Waals surface area contributed by atoms with Crippen molar-refractivity contribution in [2.24, 2.45) is 0 Å². The summed E-state index contributed by atoms with van der Waals surface area (Å²) in [6.45, 7) is 1.68. The summed E-state index contributed by atoms with van der Waals surface area (Å²) >= 11 is 1.83. The zero-order valence-electron chi connectivity index (χ0n) is 11.7. The first-order valence-corrected chi connectivity index (χ1v) is 7.88. The second kappa shape index (κ2) is 5.94. The molecule has 3 rings (SSSR count). The number of halogens is 3. The summed E-state index contributed by atoms with van der Waals surface area (Å²) in [5.41, 5.74) is -1.65. The molecule has 0 spiro atoms. The maximum absolute atomic E-state index is 13.3. The molecule has 0 fully saturated rings. The van der Waals surface area contributed by atoms with E-state index in [9.17, 15) is 23.3 Å². The zero-order valence-corrected chi connectivity index (χ0v) is 13.4. The predicted molar refractivity (Wildman–Crippen MR) is 80.0 cm³/mol. The van der Waals surface area contributed by atoms with Gasteiger partial charge in [-0.05, 0) is 24.8 Å². The molecule has 7 nitrogen and oxygen atoms in total. The lowest BCUT2D eigenvalue weighted by Crippen LogP contribution is -2.11. The number of nitro groups is 1. The van der Waals surface area contributed by atoms with E-state index in [4.69, 9.17) is 0 Å². The molecule has 0 saturated heterocycles. The zero-order chi connectivity index (χ0) is 17.5. The predicted octanol–water partition coefficient (Wildman–Crippen LogP) is 3.87. The highest BCUT2D eigenvalue weighted by Gasteiger charge is 2.37. The molecule has 12 heteroatoms. The van der Waals surface area contributed by atoms with Crippen LogP contribution in [0.15, 0.2) is 27.6 Å². The number of aromatic nitrogens is 4. The monoisotopic (exact) mass is 373 g/mol. The molecule has 0 aliphatic rings. The first kappa shape index (κ1) is 16.5. The maximum atomic E-state index is 13.3. The molecule has 0 aliphatic carbocycles. The van der Waals surface area contributed by atoms with Crippen LogP contribution in [-0.2, 0) is 6.18 Å². The quantitative estimate of drug-likeness (QED) is 0.508. The van der Waals surface area contributed by atoms with Crippen LogP contribution >= 0.6 is 23.1 Å². The largest absolute Gasteiger partial charge is 0.436 e. The molecule has 2 heterocycles. The average Bonchev–Trinajstić information content (AvgIpc) is 2.90. The fourth-order valence-electron chi connectivity index (χ4n) is 1.80. The van der Waals surface area contributed by atoms with E-state index >= 15 is 0 Å². The fraction of sp³-hybridized carbons (Fsp3) is 0.167. The molecular formula is C12H6F3N5O2S2. The van der Waals surface area contributed by atoms with Crippen LogP contribution < -0.4 is 0 Å². The van der Waals surface area contributed by atoms with E-state index < -0.39 is 16.8 Å². The molecule has 24 heavy (non-hydrogen) atoms. The van der Waals surface area contributed by atoms with Crippen molar-refractivity contribution in [3.63, 3.8) is 0 Å². The Kier molecular flexibility index (Phi) is 4.09. The Bertz CT molecular complexity index is 944. The number of fused-ring (bicyclic) bond motifs is 1. The van der Waals surface area contributed by atoms with Crippen molar-refractivity contribution >= 4 is 39.8 Å². The van der Waals surface area contributed by atoms with Crippen LogP contribution in [0.5, 0.6) is 0 Å². The van der Waals surface area contributed by atoms with E-state index in [1.54, 1.807) is 6.92 Å². The minimum Gasteiger partial charge on any atom is -0.258 e. The average molecular weight is 373 g/mol. The highest BCUT2D eigenvalue weighted by molar-refractivity contribution is 8.01. The Morgan fingerprint density at radius 2 is 1.96 bits per heavy atom. The number of rotatable bonds is 3. The highest BCUT2D eigenvalue weighted by Crippen LogP contribution is 2.39. The van der Waals surface area contributed by atoms with E-state index in [1.165, 1.54) is 6.07 Å². The summed E-state index contributed by atoms with van der Waals surface area (Å²) in [5, 5.41) is 18.5. The molecule has 0 amide bonds. The Morgan fingerprint density at radius 1 is 1.21 bits per heavy atom. The van der Waals surface area contributed by atoms with Crippen LogP contribution in [0.1, 0.15) is 10.7 Å². The number of alkyl halides is 3. The van der Waals surface area contributed by atoms with Crippen molar-refractivity contribution in [1.82, 2.24) is 20.2 Å². The van der Waals surface area contributed by atoms with E-state index in [1.807, 2.05) is 0 Å². The van der Waals surface area contributed by atoms with Gasteiger partial charge in [0.1, 0.15) is 10.0 Å². The van der Waals surface area contributed by atoms with Crippen molar-refractivity contribution < 1.29 is 18.1 Å². The van der Waals surface area contributed by atoms with Gasteiger partial charge in [-0.1, -0.05) is 11.3 Å². The van der Waals surface area contributed by atoms with Crippen LogP contribution in [-0.4, -0.2) is 25.1 Å². The van der Waals surface area contributed by atoms with Gasteiger partial charge in [0, 0.05) is 12.1 Å². The Labute approximate surface area is 140 Å². The van der Waals surface area contributed by atoms with Gasteiger partial charge in [0.15, 0.2) is 10.0 Å². The van der Waals surface area contributed by atoms with Gasteiger partial charge in [-0.3, -0.25) is 10.1 Å². The first-order chi connectivity index (χ1) is 11.2. The molecule has 0 atom stereocenters. The minimum atomic E-state index is -4.76. The van der Waals surface area contributed by atoms with Crippen LogP contribution in [0.3, 0.4) is 0 Å². The third kappa shape index (κ3) is 3.28. The van der Waals surface area contributed by atoms with Gasteiger partial charge in [-0.2, -0.15) is 13.2 Å². The molecule has 0 N–H and O–H groups in total. The smallest absolute Gasteiger partial charge is 0.258 e. The van der Waals surface area contributed by atoms with Crippen LogP contribution in [0.2, 0.25) is 0 Å². The standard InChI is InChI=1S/C12H6F3N5O2S2/c1-5-18-19-11(23-5)24-10-9(12(13,14)15)16-8-4-6(20(21)22)2-3-7(8)17-10/h2-4H,1H3. The topological polar surface area (TPSA) is 94.7 Å². The number of aryl methyl sites for hydroxylation is 1. The number of non-ortho nitro benzene ring substituents is 1. The molecule has 2 aromatic heterocycles. The van der Waals surface area contributed by atoms with E-state index in [2.05, 4.69) is 20.2 Å². The van der Waals surface area contributed by atoms with Crippen LogP contribution in [0, 0.1) is 17.0 Å². The highest BCUT2D eigenvalue weighted by atomic mass is 32.2. The summed E-state index contributed by atoms with van der Waals surface area (Å²) in [4.78, 5) is 17.5. The Balaban J connectivity index is 2.15. The van der Waals surface area contributed by atoms with Crippen molar-refractivity contribution in [2.75, 3.05) is 0 Å². The molecular weight excluding hydrogens is 367 g/mol. The van der Waals surface area contributed by atoms with Crippen molar-refractivity contribution in [3.8, 4) is 0 Å². The van der Waals surface area contributed by atoms with Gasteiger partial charge >= 0.3 is 6.18 Å². The molecule has 0 unspecified atom stereocenters. The molecule has 0 saturated carbocycles. The van der Waals surface area contributed by atoms with Crippen LogP contribution in [0.4, 0.5) is 18.9 Å². The first-order valence-electron chi connectivity index (χ1n) is 6.25. The number of nitro benzene ring substituents is 1. The lowest BCUT2D eigenvalue weighted by Gasteiger charge is -2.10. The third-order valence-electron chi connectivity index (χ3n) is 2.79. The normalized spacial score (nSPS) is 11.8. The van der Waals surface area contributed by atoms with E-state index in [0.29, 0.717) is 21.1 Å². The SMILES string of the molecule is Cc1nnc(Sc2nc3ccc([N+](=O)[O-])cc3nc2C(F)(F)F)s1. The molecule has 0 aliphatic heterocycles. The lowest BCUT2D eigenvalue weighted by atomic mass is 10.2. The molecule has 3 aromatic rings. The summed E-state index contributed by atoms with van der Waals surface area (Å²) in [5.74, 6) is 0.